The second-order valence-electron chi connectivity index (χ2n) is 6.79. The first-order chi connectivity index (χ1) is 15.5. The summed E-state index contributed by atoms with van der Waals surface area (Å²) in [6.45, 7) is 4.89. The lowest BCUT2D eigenvalue weighted by Gasteiger charge is -2.20. The Balaban J connectivity index is 1.47. The van der Waals surface area contributed by atoms with Crippen molar-refractivity contribution in [3.63, 3.8) is 0 Å². The number of amides is 1. The fourth-order valence-electron chi connectivity index (χ4n) is 3.08. The molecular formula is C23H22N4O4S. The molecule has 2 heterocycles. The van der Waals surface area contributed by atoms with Gasteiger partial charge in [0.05, 0.1) is 17.2 Å². The summed E-state index contributed by atoms with van der Waals surface area (Å²) in [4.78, 5) is 16.5. The maximum Gasteiger partial charge on any atom is 0.283 e. The highest BCUT2D eigenvalue weighted by Crippen LogP contribution is 2.31. The molecule has 0 fully saturated rings. The first-order valence-electron chi connectivity index (χ1n) is 10.1. The van der Waals surface area contributed by atoms with Crippen molar-refractivity contribution in [3.8, 4) is 17.2 Å². The van der Waals surface area contributed by atoms with E-state index in [2.05, 4.69) is 10.1 Å². The minimum absolute atomic E-state index is 0.000646. The number of amidine groups is 2. The van der Waals surface area contributed by atoms with Gasteiger partial charge in [0.15, 0.2) is 17.3 Å². The van der Waals surface area contributed by atoms with E-state index in [9.17, 15) is 4.79 Å². The largest absolute Gasteiger partial charge is 0.490 e. The van der Waals surface area contributed by atoms with Gasteiger partial charge in [-0.3, -0.25) is 10.2 Å². The molecule has 0 radical (unpaired) electrons. The molecule has 2 aliphatic heterocycles. The summed E-state index contributed by atoms with van der Waals surface area (Å²) in [5.41, 5.74) is 0.862. The third-order valence-electron chi connectivity index (χ3n) is 4.49. The molecule has 164 valence electrons. The van der Waals surface area contributed by atoms with Crippen molar-refractivity contribution in [1.82, 2.24) is 5.01 Å². The van der Waals surface area contributed by atoms with E-state index in [1.807, 2.05) is 44.2 Å². The SMILES string of the molecule is CCOc1cc(/C=C2\C(=N)N3N=C(C)SC3=NC2=O)ccc1OCCOc1ccccc1. The molecule has 0 aromatic heterocycles. The summed E-state index contributed by atoms with van der Waals surface area (Å²) in [5.74, 6) is 1.44. The molecule has 4 rings (SSSR count). The first-order valence-corrected chi connectivity index (χ1v) is 10.9. The highest BCUT2D eigenvalue weighted by atomic mass is 32.2. The molecule has 0 saturated heterocycles. The molecule has 1 amide bonds. The molecule has 2 aromatic carbocycles. The number of rotatable bonds is 8. The van der Waals surface area contributed by atoms with Gasteiger partial charge in [0.2, 0.25) is 5.17 Å². The predicted octanol–water partition coefficient (Wildman–Crippen LogP) is 4.18. The molecule has 0 bridgehead atoms. The van der Waals surface area contributed by atoms with Gasteiger partial charge in [-0.15, -0.1) is 0 Å². The lowest BCUT2D eigenvalue weighted by atomic mass is 10.1. The van der Waals surface area contributed by atoms with Crippen LogP contribution >= 0.6 is 11.8 Å². The number of para-hydroxylation sites is 1. The van der Waals surface area contributed by atoms with E-state index in [1.54, 1.807) is 24.3 Å². The van der Waals surface area contributed by atoms with Crippen LogP contribution in [-0.2, 0) is 4.79 Å². The molecule has 2 aliphatic rings. The average Bonchev–Trinajstić information content (AvgIpc) is 3.16. The second-order valence-corrected chi connectivity index (χ2v) is 7.95. The van der Waals surface area contributed by atoms with Crippen molar-refractivity contribution < 1.29 is 19.0 Å². The van der Waals surface area contributed by atoms with Crippen LogP contribution < -0.4 is 14.2 Å². The molecule has 0 unspecified atom stereocenters. The van der Waals surface area contributed by atoms with Gasteiger partial charge in [0.25, 0.3) is 5.91 Å². The number of hydrogen-bond acceptors (Lipinski definition) is 7. The van der Waals surface area contributed by atoms with Crippen LogP contribution in [0.4, 0.5) is 0 Å². The number of hydrogen-bond donors (Lipinski definition) is 1. The van der Waals surface area contributed by atoms with E-state index < -0.39 is 5.91 Å². The minimum Gasteiger partial charge on any atom is -0.490 e. The zero-order chi connectivity index (χ0) is 22.5. The van der Waals surface area contributed by atoms with Crippen molar-refractivity contribution in [1.29, 1.82) is 5.41 Å². The molecule has 0 aliphatic carbocycles. The molecule has 8 nitrogen and oxygen atoms in total. The second kappa shape index (κ2) is 9.69. The van der Waals surface area contributed by atoms with Gasteiger partial charge in [0.1, 0.15) is 19.0 Å². The van der Waals surface area contributed by atoms with Crippen LogP contribution in [0.3, 0.4) is 0 Å². The van der Waals surface area contributed by atoms with E-state index in [0.717, 1.165) is 10.8 Å². The van der Waals surface area contributed by atoms with E-state index in [0.29, 0.717) is 42.1 Å². The Labute approximate surface area is 190 Å². The molecule has 0 saturated carbocycles. The number of hydrazone groups is 1. The van der Waals surface area contributed by atoms with Gasteiger partial charge in [-0.1, -0.05) is 24.3 Å². The normalized spacial score (nSPS) is 16.6. The fourth-order valence-corrected chi connectivity index (χ4v) is 3.82. The van der Waals surface area contributed by atoms with Gasteiger partial charge in [-0.25, -0.2) is 0 Å². The lowest BCUT2D eigenvalue weighted by molar-refractivity contribution is -0.114. The number of nitrogens with zero attached hydrogens (tertiary/aromatic N) is 3. The summed E-state index contributed by atoms with van der Waals surface area (Å²) in [7, 11) is 0. The average molecular weight is 451 g/mol. The van der Waals surface area contributed by atoms with Crippen LogP contribution in [0.1, 0.15) is 19.4 Å². The number of carbonyl (C=O) groups excluding carboxylic acids is 1. The predicted molar refractivity (Wildman–Crippen MR) is 126 cm³/mol. The van der Waals surface area contributed by atoms with Gasteiger partial charge in [-0.2, -0.15) is 15.1 Å². The van der Waals surface area contributed by atoms with Crippen molar-refractivity contribution >= 4 is 39.8 Å². The van der Waals surface area contributed by atoms with Crippen LogP contribution in [0, 0.1) is 5.41 Å². The Kier molecular flexibility index (Phi) is 6.55. The summed E-state index contributed by atoms with van der Waals surface area (Å²) < 4.78 is 17.2. The number of fused-ring (bicyclic) bond motifs is 1. The topological polar surface area (TPSA) is 96.6 Å². The molecular weight excluding hydrogens is 428 g/mol. The maximum atomic E-state index is 12.5. The number of ether oxygens (including phenoxy) is 3. The Bertz CT molecular complexity index is 1130. The maximum absolute atomic E-state index is 12.5. The molecule has 0 spiro atoms. The number of benzene rings is 2. The highest BCUT2D eigenvalue weighted by Gasteiger charge is 2.34. The number of carbonyl (C=O) groups is 1. The molecule has 9 heteroatoms. The van der Waals surface area contributed by atoms with Crippen LogP contribution in [0.25, 0.3) is 6.08 Å². The highest BCUT2D eigenvalue weighted by molar-refractivity contribution is 8.26. The summed E-state index contributed by atoms with van der Waals surface area (Å²) in [5, 5.41) is 15.1. The van der Waals surface area contributed by atoms with Gasteiger partial charge < -0.3 is 14.2 Å². The Morgan fingerprint density at radius 1 is 1.06 bits per heavy atom. The van der Waals surface area contributed by atoms with Crippen LogP contribution in [-0.4, -0.2) is 46.8 Å². The van der Waals surface area contributed by atoms with Gasteiger partial charge >= 0.3 is 0 Å². The van der Waals surface area contributed by atoms with E-state index >= 15 is 0 Å². The molecule has 32 heavy (non-hydrogen) atoms. The fraction of sp³-hybridized carbons (Fsp3) is 0.217. The van der Waals surface area contributed by atoms with Crippen molar-refractivity contribution in [2.45, 2.75) is 13.8 Å². The number of aliphatic imine (C=N–C) groups is 1. The zero-order valence-electron chi connectivity index (χ0n) is 17.7. The minimum atomic E-state index is -0.463. The van der Waals surface area contributed by atoms with Crippen LogP contribution in [0.2, 0.25) is 0 Å². The van der Waals surface area contributed by atoms with Crippen LogP contribution in [0.15, 0.2) is 64.2 Å². The Morgan fingerprint density at radius 3 is 2.62 bits per heavy atom. The summed E-state index contributed by atoms with van der Waals surface area (Å²) in [6, 6.07) is 14.9. The van der Waals surface area contributed by atoms with Crippen molar-refractivity contribution in [2.75, 3.05) is 19.8 Å². The quantitative estimate of drug-likeness (QED) is 0.479. The third-order valence-corrected chi connectivity index (χ3v) is 5.31. The van der Waals surface area contributed by atoms with E-state index in [1.165, 1.54) is 16.8 Å². The van der Waals surface area contributed by atoms with E-state index in [-0.39, 0.29) is 11.4 Å². The standard InChI is InChI=1S/C23H22N4O4S/c1-3-29-20-14-16(9-10-19(20)31-12-11-30-17-7-5-4-6-8-17)13-18-21(24)27-23(25-22(18)28)32-15(2)26-27/h4-10,13-14,24H,3,11-12H2,1-2H3/b18-13+,24-21?. The third kappa shape index (κ3) is 4.83. The number of nitrogens with one attached hydrogen (secondary N) is 1. The summed E-state index contributed by atoms with van der Waals surface area (Å²) >= 11 is 1.27. The monoisotopic (exact) mass is 450 g/mol. The Hall–Kier alpha value is -3.59. The van der Waals surface area contributed by atoms with Gasteiger partial charge in [0, 0.05) is 0 Å². The van der Waals surface area contributed by atoms with Gasteiger partial charge in [-0.05, 0) is 61.5 Å². The van der Waals surface area contributed by atoms with E-state index in [4.69, 9.17) is 19.6 Å². The van der Waals surface area contributed by atoms with Crippen molar-refractivity contribution in [2.24, 2.45) is 10.1 Å². The van der Waals surface area contributed by atoms with Crippen molar-refractivity contribution in [3.05, 3.63) is 59.7 Å². The molecule has 1 N–H and O–H groups in total. The zero-order valence-corrected chi connectivity index (χ0v) is 18.5. The smallest absolute Gasteiger partial charge is 0.283 e. The molecule has 0 atom stereocenters. The summed E-state index contributed by atoms with van der Waals surface area (Å²) in [6.07, 6.45) is 1.61. The lowest BCUT2D eigenvalue weighted by Crippen LogP contribution is -2.35. The number of thioether (sulfide) groups is 1. The first kappa shape index (κ1) is 21.6. The van der Waals surface area contributed by atoms with Crippen LogP contribution in [0.5, 0.6) is 17.2 Å². The molecule has 2 aromatic rings. The Morgan fingerprint density at radius 2 is 1.84 bits per heavy atom.